The fourth-order valence-electron chi connectivity index (χ4n) is 2.58. The maximum Gasteiger partial charge on any atom is 0.384 e. The van der Waals surface area contributed by atoms with Gasteiger partial charge in [0.1, 0.15) is 0 Å². The molecule has 134 valence electrons. The predicted octanol–water partition coefficient (Wildman–Crippen LogP) is 2.52. The lowest BCUT2D eigenvalue weighted by molar-refractivity contribution is -0.0588. The maximum absolute atomic E-state index is 13.3. The summed E-state index contributed by atoms with van der Waals surface area (Å²) in [6.07, 6.45) is 1.33. The van der Waals surface area contributed by atoms with E-state index in [1.165, 1.54) is 30.5 Å². The molecule has 27 heavy (non-hydrogen) atoms. The van der Waals surface area contributed by atoms with Crippen LogP contribution in [-0.2, 0) is 4.84 Å². The number of hydrogen-bond donors (Lipinski definition) is 0. The Morgan fingerprint density at radius 2 is 1.59 bits per heavy atom. The zero-order valence-electron chi connectivity index (χ0n) is 13.4. The first kappa shape index (κ1) is 16.6. The molecule has 0 N–H and O–H groups in total. The number of imide groups is 1. The molecule has 4 rings (SSSR count). The van der Waals surface area contributed by atoms with Crippen LogP contribution in [-0.4, -0.2) is 32.6 Å². The fourth-order valence-corrected chi connectivity index (χ4v) is 2.58. The average molecular weight is 369 g/mol. The van der Waals surface area contributed by atoms with Gasteiger partial charge in [-0.05, 0) is 30.3 Å². The molecule has 0 aliphatic carbocycles. The number of aromatic nitrogens is 2. The third-order valence-corrected chi connectivity index (χ3v) is 3.90. The zero-order valence-corrected chi connectivity index (χ0v) is 13.4. The number of nitrogens with zero attached hydrogens (tertiary/aromatic N) is 3. The molecule has 0 radical (unpaired) electrons. The van der Waals surface area contributed by atoms with Crippen LogP contribution in [0, 0.1) is 11.6 Å². The van der Waals surface area contributed by atoms with Crippen molar-refractivity contribution in [3.8, 4) is 5.69 Å². The molecule has 9 heteroatoms. The average Bonchev–Trinajstić information content (AvgIpc) is 3.25. The Kier molecular flexibility index (Phi) is 3.76. The summed E-state index contributed by atoms with van der Waals surface area (Å²) in [4.78, 5) is 41.5. The predicted molar refractivity (Wildman–Crippen MR) is 85.8 cm³/mol. The second kappa shape index (κ2) is 6.13. The lowest BCUT2D eigenvalue weighted by atomic mass is 10.1. The van der Waals surface area contributed by atoms with Crippen molar-refractivity contribution in [3.05, 3.63) is 83.2 Å². The zero-order chi connectivity index (χ0) is 19.1. The SMILES string of the molecule is O=C(ON1C(=O)c2ccccc2C1=O)c1ccn(-c2ccc(F)c(F)c2)n1. The number of carbonyl (C=O) groups excluding carboxylic acids is 3. The first-order valence-electron chi connectivity index (χ1n) is 7.67. The molecule has 2 aromatic carbocycles. The summed E-state index contributed by atoms with van der Waals surface area (Å²) < 4.78 is 27.5. The summed E-state index contributed by atoms with van der Waals surface area (Å²) in [7, 11) is 0. The number of benzene rings is 2. The largest absolute Gasteiger partial charge is 0.384 e. The Morgan fingerprint density at radius 3 is 2.22 bits per heavy atom. The third-order valence-electron chi connectivity index (χ3n) is 3.90. The van der Waals surface area contributed by atoms with Gasteiger partial charge in [-0.2, -0.15) is 5.10 Å². The Morgan fingerprint density at radius 1 is 0.926 bits per heavy atom. The highest BCUT2D eigenvalue weighted by atomic mass is 19.2. The smallest absolute Gasteiger partial charge is 0.322 e. The van der Waals surface area contributed by atoms with Crippen molar-refractivity contribution >= 4 is 17.8 Å². The summed E-state index contributed by atoms with van der Waals surface area (Å²) in [6, 6.07) is 10.4. The van der Waals surface area contributed by atoms with E-state index in [0.29, 0.717) is 5.06 Å². The van der Waals surface area contributed by atoms with Crippen LogP contribution in [0.2, 0.25) is 0 Å². The highest BCUT2D eigenvalue weighted by Crippen LogP contribution is 2.23. The number of fused-ring (bicyclic) bond motifs is 1. The number of hydrogen-bond acceptors (Lipinski definition) is 5. The van der Waals surface area contributed by atoms with Crippen molar-refractivity contribution in [2.24, 2.45) is 0 Å². The quantitative estimate of drug-likeness (QED) is 0.663. The minimum atomic E-state index is -1.07. The Balaban J connectivity index is 1.55. The van der Waals surface area contributed by atoms with E-state index >= 15 is 0 Å². The summed E-state index contributed by atoms with van der Waals surface area (Å²) in [5.41, 5.74) is 0.204. The van der Waals surface area contributed by atoms with Crippen LogP contribution in [0.25, 0.3) is 5.69 Å². The molecule has 1 aromatic heterocycles. The lowest BCUT2D eigenvalue weighted by Crippen LogP contribution is -2.32. The van der Waals surface area contributed by atoms with E-state index in [1.54, 1.807) is 12.1 Å². The molecular weight excluding hydrogens is 360 g/mol. The van der Waals surface area contributed by atoms with Gasteiger partial charge in [-0.1, -0.05) is 17.2 Å². The van der Waals surface area contributed by atoms with Crippen LogP contribution in [0.1, 0.15) is 31.2 Å². The van der Waals surface area contributed by atoms with Crippen molar-refractivity contribution in [1.29, 1.82) is 0 Å². The van der Waals surface area contributed by atoms with Gasteiger partial charge in [-0.15, -0.1) is 0 Å². The van der Waals surface area contributed by atoms with E-state index in [1.807, 2.05) is 0 Å². The van der Waals surface area contributed by atoms with Crippen LogP contribution in [0.3, 0.4) is 0 Å². The molecule has 0 bridgehead atoms. The van der Waals surface area contributed by atoms with E-state index in [9.17, 15) is 23.2 Å². The minimum absolute atomic E-state index is 0.127. The van der Waals surface area contributed by atoms with Crippen molar-refractivity contribution < 1.29 is 28.0 Å². The van der Waals surface area contributed by atoms with E-state index in [4.69, 9.17) is 4.84 Å². The molecular formula is C18H9F2N3O4. The van der Waals surface area contributed by atoms with E-state index in [0.717, 1.165) is 16.8 Å². The van der Waals surface area contributed by atoms with Gasteiger partial charge in [0.05, 0.1) is 16.8 Å². The normalized spacial score (nSPS) is 13.0. The highest BCUT2D eigenvalue weighted by Gasteiger charge is 2.39. The molecule has 0 unspecified atom stereocenters. The van der Waals surface area contributed by atoms with Crippen molar-refractivity contribution in [1.82, 2.24) is 14.8 Å². The van der Waals surface area contributed by atoms with Crippen LogP contribution < -0.4 is 0 Å². The monoisotopic (exact) mass is 369 g/mol. The molecule has 3 aromatic rings. The van der Waals surface area contributed by atoms with Gasteiger partial charge < -0.3 is 4.84 Å². The molecule has 2 heterocycles. The van der Waals surface area contributed by atoms with Gasteiger partial charge >= 0.3 is 5.97 Å². The molecule has 2 amide bonds. The summed E-state index contributed by atoms with van der Waals surface area (Å²) >= 11 is 0. The van der Waals surface area contributed by atoms with Gasteiger partial charge in [-0.25, -0.2) is 18.3 Å². The molecule has 0 atom stereocenters. The molecule has 0 saturated heterocycles. The number of hydroxylamine groups is 2. The molecule has 1 aliphatic rings. The minimum Gasteiger partial charge on any atom is -0.322 e. The maximum atomic E-state index is 13.3. The molecule has 0 spiro atoms. The van der Waals surface area contributed by atoms with Gasteiger partial charge in [0.15, 0.2) is 17.3 Å². The van der Waals surface area contributed by atoms with Gasteiger partial charge in [0.2, 0.25) is 0 Å². The Hall–Kier alpha value is -3.88. The van der Waals surface area contributed by atoms with Crippen LogP contribution in [0.5, 0.6) is 0 Å². The Bertz CT molecular complexity index is 1070. The van der Waals surface area contributed by atoms with Crippen LogP contribution in [0.4, 0.5) is 8.78 Å². The first-order valence-corrected chi connectivity index (χ1v) is 7.67. The standard InChI is InChI=1S/C18H9F2N3O4/c19-13-6-5-10(9-14(13)20)22-8-7-15(21-22)18(26)27-23-16(24)11-3-1-2-4-12(11)17(23)25/h1-9H. The first-order chi connectivity index (χ1) is 13.0. The molecule has 0 fully saturated rings. The van der Waals surface area contributed by atoms with E-state index in [2.05, 4.69) is 5.10 Å². The summed E-state index contributed by atoms with van der Waals surface area (Å²) in [5.74, 6) is -4.66. The highest BCUT2D eigenvalue weighted by molar-refractivity contribution is 6.21. The fraction of sp³-hybridized carbons (Fsp3) is 0. The lowest BCUT2D eigenvalue weighted by Gasteiger charge is -2.11. The van der Waals surface area contributed by atoms with Gasteiger partial charge in [0, 0.05) is 12.3 Å². The van der Waals surface area contributed by atoms with Crippen molar-refractivity contribution in [3.63, 3.8) is 0 Å². The number of halogens is 2. The second-order valence-corrected chi connectivity index (χ2v) is 5.57. The summed E-state index contributed by atoms with van der Waals surface area (Å²) in [5, 5.41) is 4.26. The van der Waals surface area contributed by atoms with E-state index < -0.39 is 29.4 Å². The topological polar surface area (TPSA) is 81.5 Å². The van der Waals surface area contributed by atoms with Crippen LogP contribution >= 0.6 is 0 Å². The molecule has 1 aliphatic heterocycles. The molecule has 7 nitrogen and oxygen atoms in total. The number of rotatable bonds is 3. The molecule has 0 saturated carbocycles. The second-order valence-electron chi connectivity index (χ2n) is 5.57. The van der Waals surface area contributed by atoms with Crippen LogP contribution in [0.15, 0.2) is 54.7 Å². The van der Waals surface area contributed by atoms with Crippen molar-refractivity contribution in [2.75, 3.05) is 0 Å². The van der Waals surface area contributed by atoms with E-state index in [-0.39, 0.29) is 22.5 Å². The number of carbonyl (C=O) groups is 3. The van der Waals surface area contributed by atoms with Crippen molar-refractivity contribution in [2.45, 2.75) is 0 Å². The third kappa shape index (κ3) is 2.74. The summed E-state index contributed by atoms with van der Waals surface area (Å²) in [6.45, 7) is 0. The number of amides is 2. The van der Waals surface area contributed by atoms with Gasteiger partial charge in [-0.3, -0.25) is 9.59 Å². The van der Waals surface area contributed by atoms with Gasteiger partial charge in [0.25, 0.3) is 11.8 Å². The Labute approximate surface area is 150 Å².